The average Bonchev–Trinajstić information content (AvgIpc) is 3.54. The first-order valence-electron chi connectivity index (χ1n) is 11.5. The molecule has 0 spiro atoms. The number of carbonyl (C=O) groups is 1. The van der Waals surface area contributed by atoms with E-state index in [4.69, 9.17) is 21.1 Å². The number of furan rings is 1. The number of nitrogens with zero attached hydrogens (tertiary/aromatic N) is 4. The molecule has 34 heavy (non-hydrogen) atoms. The molecule has 1 fully saturated rings. The molecular formula is C26H27ClN4O3. The zero-order chi connectivity index (χ0) is 23.7. The first-order valence-corrected chi connectivity index (χ1v) is 11.9. The third kappa shape index (κ3) is 4.41. The van der Waals surface area contributed by atoms with E-state index in [0.29, 0.717) is 24.5 Å². The lowest BCUT2D eigenvalue weighted by molar-refractivity contribution is -0.138. The van der Waals surface area contributed by atoms with Crippen molar-refractivity contribution in [3.8, 4) is 5.75 Å². The molecule has 0 radical (unpaired) electrons. The molecule has 1 saturated heterocycles. The fraction of sp³-hybridized carbons (Fsp3) is 0.308. The van der Waals surface area contributed by atoms with Crippen LogP contribution < -0.4 is 4.90 Å². The highest BCUT2D eigenvalue weighted by atomic mass is 35.5. The molecule has 1 aromatic heterocycles. The largest absolute Gasteiger partial charge is 0.506 e. The van der Waals surface area contributed by atoms with E-state index in [1.807, 2.05) is 61.5 Å². The van der Waals surface area contributed by atoms with Gasteiger partial charge in [-0.2, -0.15) is 5.10 Å². The lowest BCUT2D eigenvalue weighted by atomic mass is 10.0. The van der Waals surface area contributed by atoms with Gasteiger partial charge >= 0.3 is 0 Å². The van der Waals surface area contributed by atoms with Crippen LogP contribution in [0.15, 0.2) is 76.4 Å². The summed E-state index contributed by atoms with van der Waals surface area (Å²) < 4.78 is 5.67. The molecule has 0 bridgehead atoms. The molecular weight excluding hydrogens is 452 g/mol. The molecule has 2 aliphatic heterocycles. The van der Waals surface area contributed by atoms with Crippen LogP contribution >= 0.6 is 11.6 Å². The molecule has 3 aromatic rings. The first-order chi connectivity index (χ1) is 16.5. The molecule has 3 heterocycles. The maximum Gasteiger partial charge on any atom is 0.260 e. The van der Waals surface area contributed by atoms with Gasteiger partial charge in [0, 0.05) is 37.6 Å². The molecule has 1 amide bonds. The Hall–Kier alpha value is -3.29. The van der Waals surface area contributed by atoms with E-state index in [2.05, 4.69) is 9.80 Å². The number of benzene rings is 2. The summed E-state index contributed by atoms with van der Waals surface area (Å²) in [6, 6.07) is 18.0. The van der Waals surface area contributed by atoms with Crippen molar-refractivity contribution in [3.63, 3.8) is 0 Å². The number of hydrogen-bond donors (Lipinski definition) is 1. The van der Waals surface area contributed by atoms with Crippen LogP contribution in [0.2, 0.25) is 5.02 Å². The van der Waals surface area contributed by atoms with Gasteiger partial charge in [0.25, 0.3) is 5.91 Å². The lowest BCUT2D eigenvalue weighted by Gasteiger charge is -2.39. The molecule has 2 unspecified atom stereocenters. The molecule has 2 aromatic carbocycles. The number of para-hydroxylation sites is 2. The highest BCUT2D eigenvalue weighted by molar-refractivity contribution is 6.30. The number of carbonyl (C=O) groups excluding carboxylic acids is 1. The van der Waals surface area contributed by atoms with Gasteiger partial charge < -0.3 is 14.4 Å². The molecule has 0 aliphatic carbocycles. The Balaban J connectivity index is 1.32. The Morgan fingerprint density at radius 2 is 1.79 bits per heavy atom. The summed E-state index contributed by atoms with van der Waals surface area (Å²) in [4.78, 5) is 18.0. The Bertz CT molecular complexity index is 1170. The van der Waals surface area contributed by atoms with Crippen molar-refractivity contribution in [1.82, 2.24) is 9.91 Å². The average molecular weight is 479 g/mol. The van der Waals surface area contributed by atoms with Crippen LogP contribution in [0.4, 0.5) is 5.69 Å². The van der Waals surface area contributed by atoms with E-state index in [9.17, 15) is 9.90 Å². The number of hydrogen-bond acceptors (Lipinski definition) is 6. The quantitative estimate of drug-likeness (QED) is 0.583. The number of anilines is 1. The lowest BCUT2D eigenvalue weighted by Crippen LogP contribution is -2.54. The Morgan fingerprint density at radius 3 is 2.47 bits per heavy atom. The van der Waals surface area contributed by atoms with Crippen molar-refractivity contribution in [2.24, 2.45) is 5.10 Å². The summed E-state index contributed by atoms with van der Waals surface area (Å²) in [6.45, 7) is 4.84. The predicted molar refractivity (Wildman–Crippen MR) is 132 cm³/mol. The SMILES string of the molecule is CC(C(=O)N1N=C(c2ccc(Cl)cc2)CC1c1ccco1)N1CCN(c2ccccc2O)CC1. The van der Waals surface area contributed by atoms with Gasteiger partial charge in [-0.15, -0.1) is 0 Å². The summed E-state index contributed by atoms with van der Waals surface area (Å²) in [5, 5.41) is 17.2. The van der Waals surface area contributed by atoms with Crippen molar-refractivity contribution in [1.29, 1.82) is 0 Å². The first kappa shape index (κ1) is 22.5. The van der Waals surface area contributed by atoms with Gasteiger partial charge in [-0.25, -0.2) is 5.01 Å². The van der Waals surface area contributed by atoms with E-state index in [0.717, 1.165) is 35.8 Å². The monoisotopic (exact) mass is 478 g/mol. The molecule has 2 atom stereocenters. The van der Waals surface area contributed by atoms with Gasteiger partial charge in [0.2, 0.25) is 0 Å². The smallest absolute Gasteiger partial charge is 0.260 e. The van der Waals surface area contributed by atoms with Crippen molar-refractivity contribution < 1.29 is 14.3 Å². The summed E-state index contributed by atoms with van der Waals surface area (Å²) in [5.41, 5.74) is 2.61. The summed E-state index contributed by atoms with van der Waals surface area (Å²) >= 11 is 6.05. The number of piperazine rings is 1. The van der Waals surface area contributed by atoms with Crippen molar-refractivity contribution in [2.45, 2.75) is 25.4 Å². The van der Waals surface area contributed by atoms with Gasteiger partial charge in [0.15, 0.2) is 0 Å². The summed E-state index contributed by atoms with van der Waals surface area (Å²) in [7, 11) is 0. The highest BCUT2D eigenvalue weighted by Gasteiger charge is 2.38. The molecule has 7 nitrogen and oxygen atoms in total. The third-order valence-corrected chi connectivity index (χ3v) is 6.88. The van der Waals surface area contributed by atoms with Crippen molar-refractivity contribution in [2.75, 3.05) is 31.1 Å². The number of aromatic hydroxyl groups is 1. The van der Waals surface area contributed by atoms with E-state index in [1.54, 1.807) is 17.3 Å². The number of phenols is 1. The maximum absolute atomic E-state index is 13.6. The number of amides is 1. The van der Waals surface area contributed by atoms with E-state index in [1.165, 1.54) is 0 Å². The van der Waals surface area contributed by atoms with Crippen LogP contribution in [-0.2, 0) is 4.79 Å². The van der Waals surface area contributed by atoms with Crippen LogP contribution in [0.3, 0.4) is 0 Å². The maximum atomic E-state index is 13.6. The predicted octanol–water partition coefficient (Wildman–Crippen LogP) is 4.53. The Labute approximate surface area is 203 Å². The van der Waals surface area contributed by atoms with Gasteiger partial charge in [-0.3, -0.25) is 9.69 Å². The minimum atomic E-state index is -0.336. The van der Waals surface area contributed by atoms with Gasteiger partial charge in [0.05, 0.1) is 23.7 Å². The minimum Gasteiger partial charge on any atom is -0.506 e. The number of hydrazone groups is 1. The topological polar surface area (TPSA) is 72.5 Å². The second-order valence-electron chi connectivity index (χ2n) is 8.66. The summed E-state index contributed by atoms with van der Waals surface area (Å²) in [6.07, 6.45) is 2.20. The van der Waals surface area contributed by atoms with Crippen molar-refractivity contribution in [3.05, 3.63) is 83.3 Å². The normalized spacial score (nSPS) is 19.8. The standard InChI is InChI=1S/C26H27ClN4O3/c1-18(29-12-14-30(15-13-29)22-5-2-3-6-24(22)32)26(33)31-23(25-7-4-16-34-25)17-21(28-31)19-8-10-20(27)11-9-19/h2-11,16,18,23,32H,12-15,17H2,1H3. The molecule has 176 valence electrons. The Kier molecular flexibility index (Phi) is 6.30. The molecule has 5 rings (SSSR count). The molecule has 2 aliphatic rings. The molecule has 0 saturated carbocycles. The second kappa shape index (κ2) is 9.52. The third-order valence-electron chi connectivity index (χ3n) is 6.63. The number of halogens is 1. The van der Waals surface area contributed by atoms with Crippen molar-refractivity contribution >= 4 is 28.9 Å². The minimum absolute atomic E-state index is 0.0543. The number of rotatable bonds is 5. The van der Waals surface area contributed by atoms with Crippen LogP contribution in [0.1, 0.15) is 30.7 Å². The van der Waals surface area contributed by atoms with E-state index >= 15 is 0 Å². The zero-order valence-corrected chi connectivity index (χ0v) is 19.7. The van der Waals surface area contributed by atoms with Gasteiger partial charge in [-0.1, -0.05) is 35.9 Å². The fourth-order valence-electron chi connectivity index (χ4n) is 4.66. The van der Waals surface area contributed by atoms with Crippen LogP contribution in [0.25, 0.3) is 0 Å². The van der Waals surface area contributed by atoms with Crippen LogP contribution in [0, 0.1) is 0 Å². The zero-order valence-electron chi connectivity index (χ0n) is 19.0. The van der Waals surface area contributed by atoms with Crippen LogP contribution in [-0.4, -0.2) is 58.9 Å². The molecule has 1 N–H and O–H groups in total. The number of phenolic OH excluding ortho intramolecular Hbond substituents is 1. The highest BCUT2D eigenvalue weighted by Crippen LogP contribution is 2.34. The van der Waals surface area contributed by atoms with Crippen LogP contribution in [0.5, 0.6) is 5.75 Å². The van der Waals surface area contributed by atoms with Gasteiger partial charge in [-0.05, 0) is 48.9 Å². The Morgan fingerprint density at radius 1 is 1.06 bits per heavy atom. The molecule has 8 heteroatoms. The second-order valence-corrected chi connectivity index (χ2v) is 9.10. The fourth-order valence-corrected chi connectivity index (χ4v) is 4.79. The van der Waals surface area contributed by atoms with E-state index < -0.39 is 0 Å². The van der Waals surface area contributed by atoms with Gasteiger partial charge in [0.1, 0.15) is 17.6 Å². The summed E-state index contributed by atoms with van der Waals surface area (Å²) in [5.74, 6) is 0.946. The van der Waals surface area contributed by atoms with E-state index in [-0.39, 0.29) is 23.7 Å².